The zero-order valence-electron chi connectivity index (χ0n) is 50.4. The lowest BCUT2D eigenvalue weighted by Gasteiger charge is -2.36. The Labute approximate surface area is 552 Å². The molecule has 3 atom stereocenters. The average Bonchev–Trinajstić information content (AvgIpc) is 0.769. The van der Waals surface area contributed by atoms with Gasteiger partial charge in [-0.05, 0) is 134 Å². The minimum Gasteiger partial charge on any atom is -0.444 e. The third-order valence-corrected chi connectivity index (χ3v) is 20.0. The molecule has 0 spiro atoms. The molecule has 6 N–H and O–H groups in total. The number of Topliss-reactive ketones (excluding diaryl/α,β-unsaturated/α-hetero) is 1. The van der Waals surface area contributed by atoms with E-state index in [1.54, 1.807) is 72.7 Å². The van der Waals surface area contributed by atoms with Crippen LogP contribution in [0.15, 0.2) is 106 Å². The third kappa shape index (κ3) is 19.8. The van der Waals surface area contributed by atoms with Crippen molar-refractivity contribution in [2.24, 2.45) is 20.7 Å². The molecule has 3 aliphatic heterocycles. The maximum atomic E-state index is 15.0. The van der Waals surface area contributed by atoms with Gasteiger partial charge in [-0.3, -0.25) is 25.4 Å². The first kappa shape index (κ1) is 78.7. The molecular weight excluding hydrogens is 1320 g/mol. The minimum atomic E-state index is -3.98. The highest BCUT2D eigenvalue weighted by molar-refractivity contribution is 7.90. The maximum Gasteiger partial charge on any atom is 0.414 e. The Hall–Kier alpha value is -7.51. The molecule has 0 bridgehead atoms. The van der Waals surface area contributed by atoms with Crippen LogP contribution in [0.4, 0.5) is 28.4 Å². The molecule has 3 aromatic carbocycles. The molecule has 5 aromatic rings. The maximum absolute atomic E-state index is 15.0. The second-order valence-electron chi connectivity index (χ2n) is 23.4. The van der Waals surface area contributed by atoms with Gasteiger partial charge in [-0.25, -0.2) is 75.9 Å². The van der Waals surface area contributed by atoms with E-state index in [-0.39, 0.29) is 86.2 Å². The van der Waals surface area contributed by atoms with Crippen molar-refractivity contribution in [2.45, 2.75) is 125 Å². The number of ether oxygens (including phenoxy) is 2. The lowest BCUT2D eigenvalue weighted by molar-refractivity contribution is 0.0546. The summed E-state index contributed by atoms with van der Waals surface area (Å²) in [5, 5.41) is 5.55. The van der Waals surface area contributed by atoms with Gasteiger partial charge in [0.15, 0.2) is 5.78 Å². The Morgan fingerprint density at radius 1 is 0.565 bits per heavy atom. The predicted octanol–water partition coefficient (Wildman–Crippen LogP) is 10.00. The molecular formula is C60H79Cl2F3N12O11S4. The summed E-state index contributed by atoms with van der Waals surface area (Å²) < 4.78 is 132. The van der Waals surface area contributed by atoms with Gasteiger partial charge in [0.1, 0.15) is 51.0 Å². The van der Waals surface area contributed by atoms with Crippen molar-refractivity contribution in [3.05, 3.63) is 158 Å². The number of rotatable bonds is 9. The number of nitrogen functional groups attached to an aromatic ring is 1. The number of aliphatic imine (C=N–C) groups is 3. The number of hydrogen-bond donors (Lipinski definition) is 4. The van der Waals surface area contributed by atoms with E-state index in [1.807, 2.05) is 0 Å². The second kappa shape index (κ2) is 29.6. The molecule has 2 amide bonds. The van der Waals surface area contributed by atoms with E-state index >= 15 is 0 Å². The van der Waals surface area contributed by atoms with Crippen LogP contribution >= 0.6 is 35.4 Å². The molecule has 0 radical (unpaired) electrons. The van der Waals surface area contributed by atoms with Gasteiger partial charge in [0.05, 0.1) is 33.0 Å². The van der Waals surface area contributed by atoms with E-state index in [1.165, 1.54) is 89.8 Å². The number of hydrogen-bond acceptors (Lipinski definition) is 19. The predicted molar refractivity (Wildman–Crippen MR) is 358 cm³/mol. The standard InChI is InChI=1S/C23H26ClFN4O5S.C18H18ClFN4O2S2.C16H23FN4O4S.3CH4/c1-22(2,3)34-21(31)27-20-28-23(4,13-35(32,33)29(20)5)16-10-14(6-8-17(16)25)11-19(30)18-9-7-15(24)12-26-18;1-18(10-28(25,26)24(2)17(21)23-18)13-7-11(3-5-14(13)20)8-16(27)15-6-4-12(19)9-22-15;1-15(2,3)25-14(22)19-13-20-16(4,9-26(23,24)21(13)5)11-8-10(18)6-7-12(11)17;;;/h6-10,12H,11,13H2,1-5H3,(H,27,28,31);3-7,9H,8,10H2,1-2H3,(H2,21,23);6-8H,9,18H2,1-5H3,(H,19,20,22);3*1H4/t23-;18-;16-;;;/m000.../s1. The summed E-state index contributed by atoms with van der Waals surface area (Å²) in [7, 11) is -7.74. The number of amides is 2. The lowest BCUT2D eigenvalue weighted by Crippen LogP contribution is -2.54. The molecule has 0 aliphatic carbocycles. The zero-order chi connectivity index (χ0) is 66.8. The largest absolute Gasteiger partial charge is 0.444 e. The van der Waals surface area contributed by atoms with Gasteiger partial charge < -0.3 is 20.9 Å². The number of pyridine rings is 2. The van der Waals surface area contributed by atoms with E-state index in [0.29, 0.717) is 38.2 Å². The van der Waals surface area contributed by atoms with Gasteiger partial charge in [0, 0.05) is 73.6 Å². The molecule has 0 unspecified atom stereocenters. The van der Waals surface area contributed by atoms with Crippen LogP contribution in [0.25, 0.3) is 0 Å². The first-order valence-electron chi connectivity index (χ1n) is 26.7. The Kier molecular flexibility index (Phi) is 25.3. The Morgan fingerprint density at radius 3 is 1.30 bits per heavy atom. The number of halogens is 5. The van der Waals surface area contributed by atoms with Gasteiger partial charge in [-0.15, -0.1) is 0 Å². The smallest absolute Gasteiger partial charge is 0.414 e. The van der Waals surface area contributed by atoms with E-state index in [4.69, 9.17) is 56.4 Å². The highest BCUT2D eigenvalue weighted by Crippen LogP contribution is 2.38. The summed E-state index contributed by atoms with van der Waals surface area (Å²) >= 11 is 17.1. The van der Waals surface area contributed by atoms with Gasteiger partial charge >= 0.3 is 12.2 Å². The SMILES string of the molecule is C.C.C.CN1C(N)=N[C@](C)(c2cc(CC(=S)c3ccc(Cl)cn3)ccc2F)CS1(=O)=O.CN1C(NC(=O)OC(C)(C)C)=N[C@](C)(c2cc(CC(=O)c3ccc(Cl)cn3)ccc2F)CS1(=O)=O.CN1C(NC(=O)OC(C)(C)C)=N[C@](C)(c2cc(N)ccc2F)CS1(=O)=O. The molecule has 5 heterocycles. The molecule has 8 rings (SSSR count). The third-order valence-electron chi connectivity index (χ3n) is 13.4. The second-order valence-corrected chi connectivity index (χ2v) is 30.7. The van der Waals surface area contributed by atoms with Crippen LogP contribution in [0, 0.1) is 17.5 Å². The number of anilines is 1. The number of thiocarbonyl (C=S) groups is 1. The van der Waals surface area contributed by atoms with Crippen molar-refractivity contribution < 1.29 is 62.3 Å². The summed E-state index contributed by atoms with van der Waals surface area (Å²) in [4.78, 5) is 58.6. The van der Waals surface area contributed by atoms with Crippen LogP contribution in [0.5, 0.6) is 0 Å². The molecule has 504 valence electrons. The number of nitrogens with one attached hydrogen (secondary N) is 2. The lowest BCUT2D eigenvalue weighted by atomic mass is 9.91. The number of carbonyl (C=O) groups excluding carboxylic acids is 3. The van der Waals surface area contributed by atoms with Crippen molar-refractivity contribution in [3.8, 4) is 0 Å². The number of guanidine groups is 3. The number of carbonyl (C=O) groups is 3. The molecule has 3 aliphatic rings. The quantitative estimate of drug-likeness (QED) is 0.0606. The monoisotopic (exact) mass is 1400 g/mol. The van der Waals surface area contributed by atoms with Gasteiger partial charge in [0.2, 0.25) is 47.9 Å². The highest BCUT2D eigenvalue weighted by atomic mass is 35.5. The molecule has 2 aromatic heterocycles. The van der Waals surface area contributed by atoms with E-state index in [0.717, 1.165) is 25.0 Å². The molecule has 92 heavy (non-hydrogen) atoms. The summed E-state index contributed by atoms with van der Waals surface area (Å²) in [6, 6.07) is 18.7. The van der Waals surface area contributed by atoms with Crippen molar-refractivity contribution in [1.82, 2.24) is 33.5 Å². The van der Waals surface area contributed by atoms with Crippen molar-refractivity contribution in [3.63, 3.8) is 0 Å². The van der Waals surface area contributed by atoms with Gasteiger partial charge in [-0.1, -0.05) is 75.9 Å². The first-order valence-corrected chi connectivity index (χ1v) is 32.7. The number of nitrogens with two attached hydrogens (primary N) is 2. The summed E-state index contributed by atoms with van der Waals surface area (Å²) in [5.74, 6) is -4.38. The first-order chi connectivity index (χ1) is 40.8. The molecule has 0 fully saturated rings. The van der Waals surface area contributed by atoms with Crippen molar-refractivity contribution >= 4 is 112 Å². The van der Waals surface area contributed by atoms with E-state index in [2.05, 4.69) is 35.6 Å². The molecule has 32 heteroatoms. The summed E-state index contributed by atoms with van der Waals surface area (Å²) in [6.45, 7) is 14.4. The average molecular weight is 1400 g/mol. The van der Waals surface area contributed by atoms with E-state index in [9.17, 15) is 52.8 Å². The van der Waals surface area contributed by atoms with Crippen LogP contribution in [0.3, 0.4) is 0 Å². The van der Waals surface area contributed by atoms with Crippen LogP contribution in [-0.4, -0.2) is 138 Å². The fourth-order valence-corrected chi connectivity index (χ4v) is 13.9. The molecule has 0 saturated heterocycles. The van der Waals surface area contributed by atoms with Crippen LogP contribution in [-0.2, 0) is 69.0 Å². The minimum absolute atomic E-state index is 0. The van der Waals surface area contributed by atoms with Crippen LogP contribution in [0.2, 0.25) is 10.0 Å². The number of benzene rings is 3. The summed E-state index contributed by atoms with van der Waals surface area (Å²) in [5.41, 5.74) is 7.83. The summed E-state index contributed by atoms with van der Waals surface area (Å²) in [6.07, 6.45) is 1.31. The van der Waals surface area contributed by atoms with Crippen LogP contribution in [0.1, 0.15) is 129 Å². The number of nitrogens with zero attached hydrogens (tertiary/aromatic N) is 8. The van der Waals surface area contributed by atoms with Crippen LogP contribution < -0.4 is 22.1 Å². The fraction of sp³-hybridized carbons (Fsp3) is 0.417. The Bertz CT molecular complexity index is 4050. The topological polar surface area (TPSA) is 321 Å². The van der Waals surface area contributed by atoms with Gasteiger partial charge in [0.25, 0.3) is 0 Å². The van der Waals surface area contributed by atoms with Crippen molar-refractivity contribution in [2.75, 3.05) is 44.1 Å². The highest BCUT2D eigenvalue weighted by Gasteiger charge is 2.46. The fourth-order valence-electron chi connectivity index (χ4n) is 8.99. The number of aromatic nitrogens is 2. The molecule has 0 saturated carbocycles. The van der Waals surface area contributed by atoms with Crippen molar-refractivity contribution in [1.29, 1.82) is 0 Å². The number of sulfonamides is 3. The zero-order valence-corrected chi connectivity index (χ0v) is 55.2. The Balaban J connectivity index is 0.000000359. The number of ketones is 1. The van der Waals surface area contributed by atoms with Gasteiger partial charge in [-0.2, -0.15) is 0 Å². The Morgan fingerprint density at radius 2 is 0.924 bits per heavy atom. The normalized spacial score (nSPS) is 20.3. The number of alkyl carbamates (subject to hydrolysis) is 2. The molecule has 23 nitrogen and oxygen atoms in total. The van der Waals surface area contributed by atoms with E-state index < -0.39 is 99.0 Å².